The first-order chi connectivity index (χ1) is 13.8. The van der Waals surface area contributed by atoms with Gasteiger partial charge in [-0.2, -0.15) is 0 Å². The lowest BCUT2D eigenvalue weighted by molar-refractivity contribution is 0.312. The number of aryl methyl sites for hydroxylation is 1. The summed E-state index contributed by atoms with van der Waals surface area (Å²) in [5.41, 5.74) is 5.72. The van der Waals surface area contributed by atoms with Gasteiger partial charge in [-0.3, -0.25) is 0 Å². The smallest absolute Gasteiger partial charge is 0.0162 e. The third-order valence-corrected chi connectivity index (χ3v) is 6.56. The molecule has 0 nitrogen and oxygen atoms in total. The first kappa shape index (κ1) is 20.9. The van der Waals surface area contributed by atoms with Crippen molar-refractivity contribution in [2.45, 2.75) is 84.0 Å². The Kier molecular flexibility index (Phi) is 8.40. The average Bonchev–Trinajstić information content (AvgIpc) is 2.75. The van der Waals surface area contributed by atoms with E-state index in [0.29, 0.717) is 0 Å². The van der Waals surface area contributed by atoms with Crippen molar-refractivity contribution in [2.75, 3.05) is 0 Å². The SMILES string of the molecule is C/C=C/CCC1CCC(c2ccc(-c3ccc(CCCCC)cc3)cc2)CC1. The maximum Gasteiger partial charge on any atom is -0.0162 e. The van der Waals surface area contributed by atoms with Gasteiger partial charge in [0.2, 0.25) is 0 Å². The summed E-state index contributed by atoms with van der Waals surface area (Å²) in [4.78, 5) is 0. The molecule has 0 N–H and O–H groups in total. The number of allylic oxidation sites excluding steroid dienone is 2. The molecule has 2 aromatic rings. The summed E-state index contributed by atoms with van der Waals surface area (Å²) in [5.74, 6) is 1.72. The van der Waals surface area contributed by atoms with Crippen LogP contribution < -0.4 is 0 Å². The molecule has 3 rings (SSSR count). The number of unbranched alkanes of at least 4 members (excludes halogenated alkanes) is 2. The molecule has 0 saturated heterocycles. The monoisotopic (exact) mass is 374 g/mol. The zero-order valence-corrected chi connectivity index (χ0v) is 18.0. The first-order valence-corrected chi connectivity index (χ1v) is 11.6. The molecule has 150 valence electrons. The predicted octanol–water partition coefficient (Wildman–Crippen LogP) is 8.72. The number of rotatable bonds is 9. The highest BCUT2D eigenvalue weighted by Crippen LogP contribution is 2.38. The average molecular weight is 375 g/mol. The summed E-state index contributed by atoms with van der Waals surface area (Å²) in [6.45, 7) is 4.39. The lowest BCUT2D eigenvalue weighted by Crippen LogP contribution is -2.13. The Balaban J connectivity index is 1.52. The summed E-state index contributed by atoms with van der Waals surface area (Å²) in [6, 6.07) is 18.7. The van der Waals surface area contributed by atoms with Gasteiger partial charge in [0.1, 0.15) is 0 Å². The van der Waals surface area contributed by atoms with E-state index in [2.05, 4.69) is 74.5 Å². The highest BCUT2D eigenvalue weighted by atomic mass is 14.3. The molecular formula is C28H38. The topological polar surface area (TPSA) is 0 Å². The number of hydrogen-bond donors (Lipinski definition) is 0. The van der Waals surface area contributed by atoms with Gasteiger partial charge in [-0.25, -0.2) is 0 Å². The van der Waals surface area contributed by atoms with Crippen molar-refractivity contribution in [3.63, 3.8) is 0 Å². The van der Waals surface area contributed by atoms with Gasteiger partial charge in [-0.05, 0) is 92.4 Å². The van der Waals surface area contributed by atoms with Gasteiger partial charge in [0.05, 0.1) is 0 Å². The maximum absolute atomic E-state index is 2.38. The van der Waals surface area contributed by atoms with Crippen molar-refractivity contribution < 1.29 is 0 Å². The normalized spacial score (nSPS) is 19.9. The van der Waals surface area contributed by atoms with Crippen molar-refractivity contribution in [3.8, 4) is 11.1 Å². The molecule has 2 aromatic carbocycles. The van der Waals surface area contributed by atoms with Crippen molar-refractivity contribution >= 4 is 0 Å². The lowest BCUT2D eigenvalue weighted by atomic mass is 9.77. The Morgan fingerprint density at radius 3 is 2.07 bits per heavy atom. The van der Waals surface area contributed by atoms with Gasteiger partial charge in [-0.1, -0.05) is 80.4 Å². The van der Waals surface area contributed by atoms with Crippen LogP contribution in [0.1, 0.15) is 88.7 Å². The van der Waals surface area contributed by atoms with E-state index in [1.807, 2.05) is 0 Å². The Hall–Kier alpha value is -1.82. The van der Waals surface area contributed by atoms with Gasteiger partial charge in [-0.15, -0.1) is 0 Å². The zero-order chi connectivity index (χ0) is 19.6. The van der Waals surface area contributed by atoms with Crippen molar-refractivity contribution in [3.05, 3.63) is 71.8 Å². The second-order valence-corrected chi connectivity index (χ2v) is 8.64. The lowest BCUT2D eigenvalue weighted by Gasteiger charge is -2.28. The second kappa shape index (κ2) is 11.2. The Labute approximate surface area is 173 Å². The van der Waals surface area contributed by atoms with Crippen LogP contribution in [0.4, 0.5) is 0 Å². The minimum absolute atomic E-state index is 0.771. The molecule has 0 spiro atoms. The van der Waals surface area contributed by atoms with Crippen molar-refractivity contribution in [1.82, 2.24) is 0 Å². The molecule has 1 aliphatic rings. The van der Waals surface area contributed by atoms with Crippen LogP contribution in [-0.4, -0.2) is 0 Å². The van der Waals surface area contributed by atoms with E-state index in [0.717, 1.165) is 11.8 Å². The van der Waals surface area contributed by atoms with Gasteiger partial charge in [0, 0.05) is 0 Å². The van der Waals surface area contributed by atoms with E-state index in [9.17, 15) is 0 Å². The molecule has 0 aromatic heterocycles. The van der Waals surface area contributed by atoms with Crippen LogP contribution in [0.2, 0.25) is 0 Å². The molecule has 1 fully saturated rings. The molecule has 28 heavy (non-hydrogen) atoms. The van der Waals surface area contributed by atoms with E-state index in [1.54, 1.807) is 5.56 Å². The van der Waals surface area contributed by atoms with Gasteiger partial charge in [0.25, 0.3) is 0 Å². The summed E-state index contributed by atoms with van der Waals surface area (Å²) in [6.07, 6.45) is 17.8. The molecule has 0 atom stereocenters. The minimum Gasteiger partial charge on any atom is -0.0917 e. The van der Waals surface area contributed by atoms with E-state index in [4.69, 9.17) is 0 Å². The van der Waals surface area contributed by atoms with Gasteiger partial charge < -0.3 is 0 Å². The quantitative estimate of drug-likeness (QED) is 0.304. The molecule has 0 aliphatic heterocycles. The van der Waals surface area contributed by atoms with Gasteiger partial charge in [0.15, 0.2) is 0 Å². The summed E-state index contributed by atoms with van der Waals surface area (Å²) in [7, 11) is 0. The molecule has 0 unspecified atom stereocenters. The highest BCUT2D eigenvalue weighted by molar-refractivity contribution is 5.64. The summed E-state index contributed by atoms with van der Waals surface area (Å²) < 4.78 is 0. The van der Waals surface area contributed by atoms with E-state index in [-0.39, 0.29) is 0 Å². The fraction of sp³-hybridized carbons (Fsp3) is 0.500. The van der Waals surface area contributed by atoms with E-state index >= 15 is 0 Å². The number of benzene rings is 2. The largest absolute Gasteiger partial charge is 0.0917 e. The van der Waals surface area contributed by atoms with Crippen LogP contribution in [0.25, 0.3) is 11.1 Å². The van der Waals surface area contributed by atoms with E-state index < -0.39 is 0 Å². The highest BCUT2D eigenvalue weighted by Gasteiger charge is 2.21. The maximum atomic E-state index is 2.38. The molecule has 1 saturated carbocycles. The fourth-order valence-corrected chi connectivity index (χ4v) is 4.67. The molecule has 0 heterocycles. The predicted molar refractivity (Wildman–Crippen MR) is 124 cm³/mol. The molecule has 0 amide bonds. The molecule has 0 heteroatoms. The van der Waals surface area contributed by atoms with Crippen LogP contribution in [0.5, 0.6) is 0 Å². The van der Waals surface area contributed by atoms with Crippen molar-refractivity contribution in [1.29, 1.82) is 0 Å². The van der Waals surface area contributed by atoms with Gasteiger partial charge >= 0.3 is 0 Å². The first-order valence-electron chi connectivity index (χ1n) is 11.6. The Morgan fingerprint density at radius 2 is 1.46 bits per heavy atom. The number of hydrogen-bond acceptors (Lipinski definition) is 0. The Bertz CT molecular complexity index is 697. The third kappa shape index (κ3) is 6.09. The van der Waals surface area contributed by atoms with Crippen molar-refractivity contribution in [2.24, 2.45) is 5.92 Å². The molecule has 0 radical (unpaired) electrons. The summed E-state index contributed by atoms with van der Waals surface area (Å²) >= 11 is 0. The minimum atomic E-state index is 0.771. The van der Waals surface area contributed by atoms with Crippen LogP contribution >= 0.6 is 0 Å². The van der Waals surface area contributed by atoms with Crippen LogP contribution in [0.15, 0.2) is 60.7 Å². The third-order valence-electron chi connectivity index (χ3n) is 6.56. The van der Waals surface area contributed by atoms with Crippen LogP contribution in [0.3, 0.4) is 0 Å². The zero-order valence-electron chi connectivity index (χ0n) is 18.0. The summed E-state index contributed by atoms with van der Waals surface area (Å²) in [5, 5.41) is 0. The van der Waals surface area contributed by atoms with E-state index in [1.165, 1.54) is 80.9 Å². The molecule has 0 bridgehead atoms. The Morgan fingerprint density at radius 1 is 0.821 bits per heavy atom. The molecular weight excluding hydrogens is 336 g/mol. The fourth-order valence-electron chi connectivity index (χ4n) is 4.67. The molecule has 1 aliphatic carbocycles. The second-order valence-electron chi connectivity index (χ2n) is 8.64. The van der Waals surface area contributed by atoms with Crippen LogP contribution in [0, 0.1) is 5.92 Å². The standard InChI is InChI=1S/C28H38/c1-3-5-7-9-23-11-15-25(16-12-23)27-19-21-28(22-20-27)26-17-13-24(14-18-26)10-8-6-4-2/h3,5,13-14,17-23,25H,4,6-12,15-16H2,1-2H3/b5-3+. The van der Waals surface area contributed by atoms with Crippen LogP contribution in [-0.2, 0) is 6.42 Å².